The Hall–Kier alpha value is -0.270. The highest BCUT2D eigenvalue weighted by molar-refractivity contribution is 14.1. The maximum Gasteiger partial charge on any atom is 0.321 e. The number of aliphatic carboxylic acids is 1. The first kappa shape index (κ1) is 11.2. The van der Waals surface area contributed by atoms with Crippen molar-refractivity contribution in [2.75, 3.05) is 5.75 Å². The maximum atomic E-state index is 10.8. The smallest absolute Gasteiger partial charge is 0.321 e. The fraction of sp³-hybridized carbons (Fsp3) is 0.300. The highest BCUT2D eigenvalue weighted by Gasteiger charge is 2.30. The van der Waals surface area contributed by atoms with Crippen LogP contribution in [-0.4, -0.2) is 22.9 Å². The van der Waals surface area contributed by atoms with Crippen molar-refractivity contribution in [1.82, 2.24) is 5.32 Å². The van der Waals surface area contributed by atoms with Crippen molar-refractivity contribution in [3.05, 3.63) is 33.4 Å². The van der Waals surface area contributed by atoms with Crippen LogP contribution in [0.5, 0.6) is 0 Å². The first-order valence-electron chi connectivity index (χ1n) is 4.53. The number of halogens is 1. The van der Waals surface area contributed by atoms with E-state index in [0.717, 1.165) is 5.56 Å². The van der Waals surface area contributed by atoms with E-state index in [0.29, 0.717) is 5.75 Å². The molecule has 0 aliphatic carbocycles. The summed E-state index contributed by atoms with van der Waals surface area (Å²) >= 11 is 3.90. The van der Waals surface area contributed by atoms with Crippen molar-refractivity contribution in [3.63, 3.8) is 0 Å². The van der Waals surface area contributed by atoms with Gasteiger partial charge >= 0.3 is 5.97 Å². The molecule has 0 unspecified atom stereocenters. The van der Waals surface area contributed by atoms with Gasteiger partial charge in [-0.15, -0.1) is 11.8 Å². The number of thioether (sulfide) groups is 1. The van der Waals surface area contributed by atoms with Crippen molar-refractivity contribution in [3.8, 4) is 0 Å². The maximum absolute atomic E-state index is 10.8. The molecule has 3 nitrogen and oxygen atoms in total. The zero-order valence-electron chi connectivity index (χ0n) is 7.81. The summed E-state index contributed by atoms with van der Waals surface area (Å²) in [6, 6.07) is 7.70. The first-order chi connectivity index (χ1) is 7.16. The summed E-state index contributed by atoms with van der Waals surface area (Å²) in [6.07, 6.45) is 0. The van der Waals surface area contributed by atoms with Crippen LogP contribution < -0.4 is 5.32 Å². The lowest BCUT2D eigenvalue weighted by Crippen LogP contribution is -2.33. The van der Waals surface area contributed by atoms with E-state index in [4.69, 9.17) is 5.11 Å². The SMILES string of the molecule is O=C(O)[C@H]1CS[C@@H](c2cccc(I)c2)N1. The minimum Gasteiger partial charge on any atom is -0.480 e. The van der Waals surface area contributed by atoms with Gasteiger partial charge in [0.25, 0.3) is 0 Å². The molecule has 1 saturated heterocycles. The quantitative estimate of drug-likeness (QED) is 0.813. The summed E-state index contributed by atoms with van der Waals surface area (Å²) in [6.45, 7) is 0. The van der Waals surface area contributed by atoms with E-state index < -0.39 is 12.0 Å². The van der Waals surface area contributed by atoms with E-state index in [1.54, 1.807) is 11.8 Å². The summed E-state index contributed by atoms with van der Waals surface area (Å²) in [5, 5.41) is 12.1. The largest absolute Gasteiger partial charge is 0.480 e. The normalized spacial score (nSPS) is 25.4. The van der Waals surface area contributed by atoms with Crippen LogP contribution in [0.15, 0.2) is 24.3 Å². The molecule has 1 fully saturated rings. The van der Waals surface area contributed by atoms with Gasteiger partial charge in [-0.3, -0.25) is 10.1 Å². The van der Waals surface area contributed by atoms with Gasteiger partial charge < -0.3 is 5.11 Å². The third-order valence-corrected chi connectivity index (χ3v) is 4.17. The molecule has 0 spiro atoms. The molecule has 0 bridgehead atoms. The molecule has 2 rings (SSSR count). The Bertz CT molecular complexity index is 385. The van der Waals surface area contributed by atoms with Crippen molar-refractivity contribution in [2.45, 2.75) is 11.4 Å². The number of carbonyl (C=O) groups is 1. The molecular formula is C10H10INO2S. The molecule has 1 aromatic carbocycles. The second-order valence-corrected chi connectivity index (χ2v) is 5.71. The average molecular weight is 335 g/mol. The molecule has 15 heavy (non-hydrogen) atoms. The number of hydrogen-bond donors (Lipinski definition) is 2. The number of hydrogen-bond acceptors (Lipinski definition) is 3. The molecule has 1 aromatic rings. The van der Waals surface area contributed by atoms with Crippen LogP contribution in [-0.2, 0) is 4.79 Å². The highest BCUT2D eigenvalue weighted by atomic mass is 127. The van der Waals surface area contributed by atoms with Crippen molar-refractivity contribution >= 4 is 40.3 Å². The van der Waals surface area contributed by atoms with Crippen LogP contribution in [0.1, 0.15) is 10.9 Å². The van der Waals surface area contributed by atoms with E-state index >= 15 is 0 Å². The zero-order chi connectivity index (χ0) is 10.8. The van der Waals surface area contributed by atoms with Crippen molar-refractivity contribution in [1.29, 1.82) is 0 Å². The lowest BCUT2D eigenvalue weighted by molar-refractivity contribution is -0.138. The molecule has 2 atom stereocenters. The van der Waals surface area contributed by atoms with Gasteiger partial charge in [-0.2, -0.15) is 0 Å². The van der Waals surface area contributed by atoms with Crippen LogP contribution in [0, 0.1) is 3.57 Å². The highest BCUT2D eigenvalue weighted by Crippen LogP contribution is 2.33. The van der Waals surface area contributed by atoms with Crippen LogP contribution >= 0.6 is 34.4 Å². The van der Waals surface area contributed by atoms with Gasteiger partial charge in [0.2, 0.25) is 0 Å². The Morgan fingerprint density at radius 3 is 3.00 bits per heavy atom. The zero-order valence-corrected chi connectivity index (χ0v) is 10.8. The molecule has 2 N–H and O–H groups in total. The topological polar surface area (TPSA) is 49.3 Å². The number of benzene rings is 1. The third kappa shape index (κ3) is 2.64. The van der Waals surface area contributed by atoms with Gasteiger partial charge in [-0.1, -0.05) is 12.1 Å². The second kappa shape index (κ2) is 4.71. The molecule has 0 aromatic heterocycles. The number of carboxylic acids is 1. The lowest BCUT2D eigenvalue weighted by Gasteiger charge is -2.11. The molecule has 1 aliphatic rings. The first-order valence-corrected chi connectivity index (χ1v) is 6.65. The number of nitrogens with one attached hydrogen (secondary N) is 1. The van der Waals surface area contributed by atoms with Gasteiger partial charge in [0.15, 0.2) is 0 Å². The standard InChI is InChI=1S/C10H10INO2S/c11-7-3-1-2-6(4-7)9-12-8(5-15-9)10(13)14/h1-4,8-9,12H,5H2,(H,13,14)/t8-,9+/m1/s1. The second-order valence-electron chi connectivity index (χ2n) is 3.33. The number of carboxylic acid groups (broad SMARTS) is 1. The lowest BCUT2D eigenvalue weighted by atomic mass is 10.2. The summed E-state index contributed by atoms with van der Waals surface area (Å²) < 4.78 is 1.17. The molecule has 1 heterocycles. The monoisotopic (exact) mass is 335 g/mol. The Balaban J connectivity index is 2.11. The minimum absolute atomic E-state index is 0.112. The molecule has 80 valence electrons. The summed E-state index contributed by atoms with van der Waals surface area (Å²) in [7, 11) is 0. The van der Waals surface area contributed by atoms with Crippen LogP contribution in [0.25, 0.3) is 0 Å². The molecule has 0 saturated carbocycles. The van der Waals surface area contributed by atoms with Crippen molar-refractivity contribution < 1.29 is 9.90 Å². The van der Waals surface area contributed by atoms with E-state index in [2.05, 4.69) is 34.0 Å². The summed E-state index contributed by atoms with van der Waals surface area (Å²) in [5.41, 5.74) is 1.15. The molecule has 1 aliphatic heterocycles. The van der Waals surface area contributed by atoms with Gasteiger partial charge in [-0.25, -0.2) is 0 Å². The van der Waals surface area contributed by atoms with E-state index in [9.17, 15) is 4.79 Å². The van der Waals surface area contributed by atoms with E-state index in [1.165, 1.54) is 3.57 Å². The van der Waals surface area contributed by atoms with E-state index in [-0.39, 0.29) is 5.37 Å². The molecular weight excluding hydrogens is 325 g/mol. The van der Waals surface area contributed by atoms with Crippen LogP contribution in [0.3, 0.4) is 0 Å². The third-order valence-electron chi connectivity index (χ3n) is 2.23. The average Bonchev–Trinajstić information content (AvgIpc) is 2.66. The van der Waals surface area contributed by atoms with Gasteiger partial charge in [0.05, 0.1) is 5.37 Å². The summed E-state index contributed by atoms with van der Waals surface area (Å²) in [5.74, 6) is -0.138. The Morgan fingerprint density at radius 1 is 1.60 bits per heavy atom. The molecule has 0 amide bonds. The van der Waals surface area contributed by atoms with Gasteiger partial charge in [0.1, 0.15) is 6.04 Å². The Kier molecular flexibility index (Phi) is 3.53. The summed E-state index contributed by atoms with van der Waals surface area (Å²) in [4.78, 5) is 10.8. The Labute approximate surface area is 106 Å². The predicted molar refractivity (Wildman–Crippen MR) is 68.9 cm³/mol. The number of rotatable bonds is 2. The molecule has 0 radical (unpaired) electrons. The van der Waals surface area contributed by atoms with Crippen LogP contribution in [0.2, 0.25) is 0 Å². The fourth-order valence-electron chi connectivity index (χ4n) is 1.48. The molecule has 5 heteroatoms. The van der Waals surface area contributed by atoms with Crippen molar-refractivity contribution in [2.24, 2.45) is 0 Å². The van der Waals surface area contributed by atoms with Gasteiger partial charge in [-0.05, 0) is 40.3 Å². The fourth-order valence-corrected chi connectivity index (χ4v) is 3.27. The van der Waals surface area contributed by atoms with E-state index in [1.807, 2.05) is 18.2 Å². The predicted octanol–water partition coefficient (Wildman–Crippen LogP) is 2.08. The van der Waals surface area contributed by atoms with Gasteiger partial charge in [0, 0.05) is 9.32 Å². The Morgan fingerprint density at radius 2 is 2.40 bits per heavy atom. The van der Waals surface area contributed by atoms with Crippen LogP contribution in [0.4, 0.5) is 0 Å². The minimum atomic E-state index is -0.768.